The summed E-state index contributed by atoms with van der Waals surface area (Å²) in [6, 6.07) is 0. The minimum Gasteiger partial charge on any atom is -0.462 e. The summed E-state index contributed by atoms with van der Waals surface area (Å²) in [7, 11) is 0. The third-order valence-corrected chi connectivity index (χ3v) is 11.3. The Morgan fingerprint density at radius 2 is 0.481 bits per heavy atom. The van der Waals surface area contributed by atoms with Gasteiger partial charge in [0.25, 0.3) is 0 Å². The van der Waals surface area contributed by atoms with E-state index in [9.17, 15) is 14.4 Å². The average Bonchev–Trinajstić information content (AvgIpc) is 3.43. The Morgan fingerprint density at radius 1 is 0.260 bits per heavy atom. The normalized spacial score (nSPS) is 13.6. The lowest BCUT2D eigenvalue weighted by atomic mass is 10.1. The number of carbonyl (C=O) groups is 3. The van der Waals surface area contributed by atoms with E-state index in [0.717, 1.165) is 141 Å². The van der Waals surface area contributed by atoms with Crippen LogP contribution in [-0.2, 0) is 28.6 Å². The van der Waals surface area contributed by atoms with Gasteiger partial charge in [-0.3, -0.25) is 14.4 Å². The van der Waals surface area contributed by atoms with Crippen molar-refractivity contribution in [2.75, 3.05) is 13.2 Å². The van der Waals surface area contributed by atoms with Gasteiger partial charge in [-0.15, -0.1) is 0 Å². The van der Waals surface area contributed by atoms with Crippen LogP contribution in [0.15, 0.2) is 207 Å². The smallest absolute Gasteiger partial charge is 0.306 e. The quantitative estimate of drug-likeness (QED) is 0.0261. The zero-order valence-corrected chi connectivity index (χ0v) is 48.4. The number of esters is 3. The van der Waals surface area contributed by atoms with Gasteiger partial charge in [0, 0.05) is 19.3 Å². The molecular weight excluding hydrogens is 949 g/mol. The van der Waals surface area contributed by atoms with E-state index in [1.807, 2.05) is 0 Å². The Morgan fingerprint density at radius 3 is 0.753 bits per heavy atom. The number of rotatable bonds is 50. The molecule has 1 atom stereocenters. The summed E-state index contributed by atoms with van der Waals surface area (Å²) in [5.41, 5.74) is 0. The molecule has 0 spiro atoms. The predicted molar refractivity (Wildman–Crippen MR) is 333 cm³/mol. The highest BCUT2D eigenvalue weighted by atomic mass is 16.6. The molecule has 0 aromatic carbocycles. The lowest BCUT2D eigenvalue weighted by Crippen LogP contribution is -2.30. The van der Waals surface area contributed by atoms with Crippen molar-refractivity contribution in [1.82, 2.24) is 0 Å². The van der Waals surface area contributed by atoms with Gasteiger partial charge in [-0.05, 0) is 154 Å². The highest BCUT2D eigenvalue weighted by molar-refractivity contribution is 5.71. The highest BCUT2D eigenvalue weighted by Gasteiger charge is 2.19. The van der Waals surface area contributed by atoms with Crippen LogP contribution < -0.4 is 0 Å². The number of allylic oxidation sites excluding steroid dienone is 34. The molecule has 0 aromatic heterocycles. The van der Waals surface area contributed by atoms with Crippen LogP contribution in [0.1, 0.15) is 201 Å². The number of hydrogen-bond donors (Lipinski definition) is 0. The molecule has 0 N–H and O–H groups in total. The van der Waals surface area contributed by atoms with Crippen LogP contribution in [0.2, 0.25) is 0 Å². The Kier molecular flexibility index (Phi) is 57.6. The van der Waals surface area contributed by atoms with Gasteiger partial charge in [0.15, 0.2) is 6.10 Å². The molecular formula is C71H104O6. The molecule has 0 aliphatic rings. The van der Waals surface area contributed by atoms with Crippen LogP contribution in [0.25, 0.3) is 0 Å². The molecule has 1 unspecified atom stereocenters. The third-order valence-electron chi connectivity index (χ3n) is 11.3. The fraction of sp³-hybridized carbons (Fsp3) is 0.479. The van der Waals surface area contributed by atoms with Crippen molar-refractivity contribution >= 4 is 17.9 Å². The molecule has 0 aromatic rings. The van der Waals surface area contributed by atoms with Crippen LogP contribution in [0.5, 0.6) is 0 Å². The second-order valence-corrected chi connectivity index (χ2v) is 18.4. The maximum Gasteiger partial charge on any atom is 0.306 e. The van der Waals surface area contributed by atoms with Gasteiger partial charge in [-0.1, -0.05) is 234 Å². The Bertz CT molecular complexity index is 1930. The number of ether oxygens (including phenoxy) is 3. The van der Waals surface area contributed by atoms with Crippen molar-refractivity contribution in [1.29, 1.82) is 0 Å². The molecule has 77 heavy (non-hydrogen) atoms. The standard InChI is InChI=1S/C71H104O6/c1-4-7-10-13-16-19-22-25-28-31-32-33-34-35-36-37-38-41-43-46-49-52-55-58-61-64-70(73)76-67-68(77-71(74)65-62-59-56-53-50-47-44-40-30-27-24-21-18-15-12-9-6-3)66-75-69(72)63-60-57-54-51-48-45-42-39-29-26-23-20-17-14-11-8-5-2/h7-12,16-21,25-30,32-33,35-36,38,41-42,44-47,49,51,53-54,56,68H,4-6,13-15,22-24,31,34,37,39-40,43,48,50,52,55,57-67H2,1-3H3/b10-7-,11-8-,12-9-,19-16-,20-17-,21-18-,28-25-,29-26-,30-27-,33-32-,36-35-,41-38-,45-42-,47-44-,49-46-,54-51-,56-53-. The lowest BCUT2D eigenvalue weighted by Gasteiger charge is -2.18. The number of hydrogen-bond acceptors (Lipinski definition) is 6. The van der Waals surface area contributed by atoms with E-state index in [1.165, 1.54) is 0 Å². The predicted octanol–water partition coefficient (Wildman–Crippen LogP) is 20.4. The summed E-state index contributed by atoms with van der Waals surface area (Å²) in [5.74, 6) is -1.11. The van der Waals surface area contributed by atoms with E-state index in [2.05, 4.69) is 227 Å². The molecule has 0 amide bonds. The van der Waals surface area contributed by atoms with Crippen molar-refractivity contribution in [3.8, 4) is 0 Å². The van der Waals surface area contributed by atoms with Crippen molar-refractivity contribution in [3.63, 3.8) is 0 Å². The Hall–Kier alpha value is -6.01. The van der Waals surface area contributed by atoms with Crippen molar-refractivity contribution in [2.45, 2.75) is 207 Å². The molecule has 424 valence electrons. The molecule has 0 aliphatic heterocycles. The summed E-state index contributed by atoms with van der Waals surface area (Å²) in [6.45, 7) is 6.14. The van der Waals surface area contributed by atoms with E-state index in [-0.39, 0.29) is 44.4 Å². The first-order valence-electron chi connectivity index (χ1n) is 29.6. The maximum absolute atomic E-state index is 12.9. The zero-order chi connectivity index (χ0) is 55.7. The van der Waals surface area contributed by atoms with Crippen molar-refractivity contribution < 1.29 is 28.6 Å². The van der Waals surface area contributed by atoms with Crippen LogP contribution in [0, 0.1) is 0 Å². The topological polar surface area (TPSA) is 78.9 Å². The lowest BCUT2D eigenvalue weighted by molar-refractivity contribution is -0.167. The second kappa shape index (κ2) is 62.5. The summed E-state index contributed by atoms with van der Waals surface area (Å²) in [4.78, 5) is 38.2. The van der Waals surface area contributed by atoms with Crippen LogP contribution in [0.4, 0.5) is 0 Å². The summed E-state index contributed by atoms with van der Waals surface area (Å²) < 4.78 is 16.7. The molecule has 0 fully saturated rings. The molecule has 0 saturated heterocycles. The zero-order valence-electron chi connectivity index (χ0n) is 48.4. The molecule has 0 rings (SSSR count). The van der Waals surface area contributed by atoms with Gasteiger partial charge < -0.3 is 14.2 Å². The fourth-order valence-corrected chi connectivity index (χ4v) is 6.96. The van der Waals surface area contributed by atoms with E-state index in [1.54, 1.807) is 0 Å². The second-order valence-electron chi connectivity index (χ2n) is 18.4. The van der Waals surface area contributed by atoms with Gasteiger partial charge >= 0.3 is 17.9 Å². The number of unbranched alkanes of at least 4 members (excludes halogenated alkanes) is 5. The molecule has 6 nitrogen and oxygen atoms in total. The van der Waals surface area contributed by atoms with E-state index in [0.29, 0.717) is 19.3 Å². The monoisotopic (exact) mass is 1050 g/mol. The highest BCUT2D eigenvalue weighted by Crippen LogP contribution is 2.10. The molecule has 0 bridgehead atoms. The maximum atomic E-state index is 12.9. The number of carbonyl (C=O) groups excluding carboxylic acids is 3. The average molecular weight is 1050 g/mol. The molecule has 0 saturated carbocycles. The first-order chi connectivity index (χ1) is 38.0. The summed E-state index contributed by atoms with van der Waals surface area (Å²) >= 11 is 0. The van der Waals surface area contributed by atoms with Gasteiger partial charge in [-0.25, -0.2) is 0 Å². The van der Waals surface area contributed by atoms with Crippen LogP contribution >= 0.6 is 0 Å². The molecule has 6 heteroatoms. The van der Waals surface area contributed by atoms with E-state index in [4.69, 9.17) is 14.2 Å². The molecule has 0 heterocycles. The first kappa shape index (κ1) is 71.0. The van der Waals surface area contributed by atoms with Gasteiger partial charge in [0.1, 0.15) is 13.2 Å². The van der Waals surface area contributed by atoms with Crippen LogP contribution in [-0.4, -0.2) is 37.2 Å². The minimum absolute atomic E-state index is 0.149. The van der Waals surface area contributed by atoms with E-state index < -0.39 is 12.1 Å². The molecule has 0 radical (unpaired) electrons. The fourth-order valence-electron chi connectivity index (χ4n) is 6.96. The largest absolute Gasteiger partial charge is 0.462 e. The Labute approximate surface area is 470 Å². The first-order valence-corrected chi connectivity index (χ1v) is 29.6. The summed E-state index contributed by atoms with van der Waals surface area (Å²) in [6.07, 6.45) is 96.9. The van der Waals surface area contributed by atoms with Crippen LogP contribution in [0.3, 0.4) is 0 Å². The SMILES string of the molecule is CC/C=C\C/C=C\C/C=C\C/C=C\C/C=C\C/C=C\C/C=C\CCCCCC(=O)OCC(COC(=O)CCC/C=C\C/C=C\C/C=C\C/C=C\C/C=C\CC)OC(=O)CCC/C=C\C/C=C\C/C=C\C/C=C\C/C=C\CC. The van der Waals surface area contributed by atoms with Crippen molar-refractivity contribution in [3.05, 3.63) is 207 Å². The molecule has 0 aliphatic carbocycles. The summed E-state index contributed by atoms with van der Waals surface area (Å²) in [5, 5.41) is 0. The Balaban J connectivity index is 4.64. The van der Waals surface area contributed by atoms with Gasteiger partial charge in [0.2, 0.25) is 0 Å². The third kappa shape index (κ3) is 60.7. The van der Waals surface area contributed by atoms with E-state index >= 15 is 0 Å². The van der Waals surface area contributed by atoms with Gasteiger partial charge in [0.05, 0.1) is 0 Å². The van der Waals surface area contributed by atoms with Gasteiger partial charge in [-0.2, -0.15) is 0 Å². The van der Waals surface area contributed by atoms with Crippen molar-refractivity contribution in [2.24, 2.45) is 0 Å². The minimum atomic E-state index is -0.860.